The van der Waals surface area contributed by atoms with E-state index in [-0.39, 0.29) is 18.5 Å². The molecule has 11 heteroatoms. The highest BCUT2D eigenvalue weighted by Crippen LogP contribution is 2.25. The Hall–Kier alpha value is -1.81. The van der Waals surface area contributed by atoms with E-state index < -0.39 is 28.5 Å². The standard InChI is InChI=1S/C23H28BrCl2N3O4S/c1-5-15(2)27-23(31)16(3)28(13-17-6-9-19(25)12-21(17)26)22(30)14-29(34(4,32)33)20-10-7-18(24)8-11-20/h6-12,15-16H,5,13-14H2,1-4H3,(H,27,31)/t15-,16-/m1/s1. The zero-order valence-electron chi connectivity index (χ0n) is 19.4. The third-order valence-electron chi connectivity index (χ3n) is 5.32. The molecule has 0 aliphatic rings. The first-order valence-electron chi connectivity index (χ1n) is 10.6. The minimum absolute atomic E-state index is 0.00185. The number of hydrogen-bond donors (Lipinski definition) is 1. The largest absolute Gasteiger partial charge is 0.352 e. The number of nitrogens with zero attached hydrogens (tertiary/aromatic N) is 2. The minimum Gasteiger partial charge on any atom is -0.352 e. The summed E-state index contributed by atoms with van der Waals surface area (Å²) in [6, 6.07) is 10.5. The highest BCUT2D eigenvalue weighted by Gasteiger charge is 2.30. The maximum atomic E-state index is 13.5. The topological polar surface area (TPSA) is 86.8 Å². The first kappa shape index (κ1) is 28.4. The fourth-order valence-electron chi connectivity index (χ4n) is 3.10. The average molecular weight is 593 g/mol. The molecule has 0 aliphatic carbocycles. The predicted octanol–water partition coefficient (Wildman–Crippen LogP) is 4.85. The second kappa shape index (κ2) is 12.2. The Morgan fingerprint density at radius 1 is 1.09 bits per heavy atom. The van der Waals surface area contributed by atoms with Crippen LogP contribution in [0, 0.1) is 0 Å². The van der Waals surface area contributed by atoms with Gasteiger partial charge in [-0.2, -0.15) is 0 Å². The summed E-state index contributed by atoms with van der Waals surface area (Å²) in [4.78, 5) is 27.7. The first-order chi connectivity index (χ1) is 15.8. The van der Waals surface area contributed by atoms with E-state index in [1.54, 1.807) is 49.4 Å². The summed E-state index contributed by atoms with van der Waals surface area (Å²) in [6.45, 7) is 4.93. The van der Waals surface area contributed by atoms with Gasteiger partial charge in [-0.3, -0.25) is 13.9 Å². The van der Waals surface area contributed by atoms with Gasteiger partial charge in [0.05, 0.1) is 11.9 Å². The second-order valence-electron chi connectivity index (χ2n) is 8.00. The van der Waals surface area contributed by atoms with E-state index in [2.05, 4.69) is 21.2 Å². The SMILES string of the molecule is CC[C@@H](C)NC(=O)[C@@H](C)N(Cc1ccc(Cl)cc1Cl)C(=O)CN(c1ccc(Br)cc1)S(C)(=O)=O. The number of benzene rings is 2. The van der Waals surface area contributed by atoms with Crippen molar-refractivity contribution in [3.8, 4) is 0 Å². The molecule has 0 spiro atoms. The van der Waals surface area contributed by atoms with E-state index in [0.29, 0.717) is 21.3 Å². The van der Waals surface area contributed by atoms with Gasteiger partial charge in [-0.1, -0.05) is 52.1 Å². The van der Waals surface area contributed by atoms with Crippen LogP contribution in [0.25, 0.3) is 0 Å². The van der Waals surface area contributed by atoms with Gasteiger partial charge in [0.15, 0.2) is 0 Å². The van der Waals surface area contributed by atoms with Gasteiger partial charge < -0.3 is 10.2 Å². The van der Waals surface area contributed by atoms with Crippen LogP contribution in [-0.4, -0.2) is 50.0 Å². The zero-order chi connectivity index (χ0) is 25.6. The fraction of sp³-hybridized carbons (Fsp3) is 0.391. The Morgan fingerprint density at radius 2 is 1.71 bits per heavy atom. The van der Waals surface area contributed by atoms with Crippen molar-refractivity contribution in [2.24, 2.45) is 0 Å². The number of hydrogen-bond acceptors (Lipinski definition) is 4. The molecule has 186 valence electrons. The molecule has 1 N–H and O–H groups in total. The molecule has 0 bridgehead atoms. The Bertz CT molecular complexity index is 1130. The lowest BCUT2D eigenvalue weighted by Crippen LogP contribution is -2.52. The van der Waals surface area contributed by atoms with E-state index >= 15 is 0 Å². The molecule has 2 amide bonds. The Labute approximate surface area is 219 Å². The molecule has 0 radical (unpaired) electrons. The molecule has 34 heavy (non-hydrogen) atoms. The fourth-order valence-corrected chi connectivity index (χ4v) is 4.68. The maximum Gasteiger partial charge on any atom is 0.244 e. The summed E-state index contributed by atoms with van der Waals surface area (Å²) in [5.74, 6) is -0.895. The smallest absolute Gasteiger partial charge is 0.244 e. The lowest BCUT2D eigenvalue weighted by Gasteiger charge is -2.32. The molecule has 2 aromatic rings. The molecule has 2 atom stereocenters. The summed E-state index contributed by atoms with van der Waals surface area (Å²) < 4.78 is 26.9. The van der Waals surface area contributed by atoms with Crippen LogP contribution in [0.5, 0.6) is 0 Å². The van der Waals surface area contributed by atoms with E-state index in [1.165, 1.54) is 4.90 Å². The van der Waals surface area contributed by atoms with Crippen LogP contribution in [0.15, 0.2) is 46.9 Å². The monoisotopic (exact) mass is 591 g/mol. The van der Waals surface area contributed by atoms with E-state index in [4.69, 9.17) is 23.2 Å². The van der Waals surface area contributed by atoms with Crippen molar-refractivity contribution in [3.63, 3.8) is 0 Å². The Balaban J connectivity index is 2.41. The number of halogens is 3. The van der Waals surface area contributed by atoms with Crippen LogP contribution in [0.2, 0.25) is 10.0 Å². The van der Waals surface area contributed by atoms with Crippen molar-refractivity contribution in [3.05, 3.63) is 62.5 Å². The number of rotatable bonds is 10. The Morgan fingerprint density at radius 3 is 2.24 bits per heavy atom. The minimum atomic E-state index is -3.79. The molecule has 0 saturated heterocycles. The van der Waals surface area contributed by atoms with Crippen molar-refractivity contribution >= 4 is 66.7 Å². The molecule has 2 aromatic carbocycles. The van der Waals surface area contributed by atoms with Crippen molar-refractivity contribution in [1.82, 2.24) is 10.2 Å². The highest BCUT2D eigenvalue weighted by molar-refractivity contribution is 9.10. The van der Waals surface area contributed by atoms with Crippen molar-refractivity contribution in [1.29, 1.82) is 0 Å². The molecule has 0 unspecified atom stereocenters. The Kier molecular flexibility index (Phi) is 10.2. The van der Waals surface area contributed by atoms with Crippen LogP contribution < -0.4 is 9.62 Å². The van der Waals surface area contributed by atoms with Gasteiger partial charge in [-0.25, -0.2) is 8.42 Å². The van der Waals surface area contributed by atoms with Crippen molar-refractivity contribution in [2.75, 3.05) is 17.1 Å². The van der Waals surface area contributed by atoms with Gasteiger partial charge in [-0.15, -0.1) is 0 Å². The first-order valence-corrected chi connectivity index (χ1v) is 14.0. The molecular formula is C23H28BrCl2N3O4S. The summed E-state index contributed by atoms with van der Waals surface area (Å²) in [6.07, 6.45) is 1.75. The molecule has 0 fully saturated rings. The van der Waals surface area contributed by atoms with Gasteiger partial charge >= 0.3 is 0 Å². The van der Waals surface area contributed by atoms with Gasteiger partial charge in [0.2, 0.25) is 21.8 Å². The normalized spacial score (nSPS) is 13.1. The van der Waals surface area contributed by atoms with Crippen molar-refractivity contribution in [2.45, 2.75) is 45.8 Å². The van der Waals surface area contributed by atoms with E-state index in [0.717, 1.165) is 21.5 Å². The van der Waals surface area contributed by atoms with Gasteiger partial charge in [-0.05, 0) is 62.2 Å². The number of nitrogens with one attached hydrogen (secondary N) is 1. The van der Waals surface area contributed by atoms with Crippen LogP contribution in [0.1, 0.15) is 32.8 Å². The molecular weight excluding hydrogens is 565 g/mol. The summed E-state index contributed by atoms with van der Waals surface area (Å²) >= 11 is 15.6. The third-order valence-corrected chi connectivity index (χ3v) is 7.57. The maximum absolute atomic E-state index is 13.5. The van der Waals surface area contributed by atoms with Gasteiger partial charge in [0.1, 0.15) is 12.6 Å². The predicted molar refractivity (Wildman–Crippen MR) is 141 cm³/mol. The number of amides is 2. The summed E-state index contributed by atoms with van der Waals surface area (Å²) in [5, 5.41) is 3.65. The van der Waals surface area contributed by atoms with Crippen LogP contribution >= 0.6 is 39.1 Å². The van der Waals surface area contributed by atoms with Crippen LogP contribution in [0.3, 0.4) is 0 Å². The second-order valence-corrected chi connectivity index (χ2v) is 11.7. The third kappa shape index (κ3) is 7.86. The summed E-state index contributed by atoms with van der Waals surface area (Å²) in [5.41, 5.74) is 0.914. The quantitative estimate of drug-likeness (QED) is 0.427. The molecule has 0 aromatic heterocycles. The molecule has 0 saturated carbocycles. The molecule has 7 nitrogen and oxygen atoms in total. The zero-order valence-corrected chi connectivity index (χ0v) is 23.3. The average Bonchev–Trinajstić information content (AvgIpc) is 2.76. The molecule has 0 aliphatic heterocycles. The van der Waals surface area contributed by atoms with Crippen LogP contribution in [-0.2, 0) is 26.2 Å². The van der Waals surface area contributed by atoms with Crippen LogP contribution in [0.4, 0.5) is 5.69 Å². The molecule has 0 heterocycles. The number of carbonyl (C=O) groups excluding carboxylic acids is 2. The van der Waals surface area contributed by atoms with Crippen molar-refractivity contribution < 1.29 is 18.0 Å². The number of carbonyl (C=O) groups is 2. The lowest BCUT2D eigenvalue weighted by molar-refractivity contribution is -0.139. The van der Waals surface area contributed by atoms with Gasteiger partial charge in [0.25, 0.3) is 0 Å². The summed E-state index contributed by atoms with van der Waals surface area (Å²) in [7, 11) is -3.79. The molecule has 2 rings (SSSR count). The highest BCUT2D eigenvalue weighted by atomic mass is 79.9. The van der Waals surface area contributed by atoms with Gasteiger partial charge in [0, 0.05) is 27.1 Å². The number of sulfonamides is 1. The van der Waals surface area contributed by atoms with E-state index in [9.17, 15) is 18.0 Å². The van der Waals surface area contributed by atoms with E-state index in [1.807, 2.05) is 13.8 Å². The number of anilines is 1. The lowest BCUT2D eigenvalue weighted by atomic mass is 10.1.